The maximum Gasteiger partial charge on any atom is 0.243 e. The molecule has 0 radical (unpaired) electrons. The van der Waals surface area contributed by atoms with Crippen LogP contribution in [0.15, 0.2) is 36.4 Å². The van der Waals surface area contributed by atoms with Crippen LogP contribution >= 0.6 is 11.6 Å². The van der Waals surface area contributed by atoms with E-state index < -0.39 is 22.0 Å². The summed E-state index contributed by atoms with van der Waals surface area (Å²) in [6.07, 6.45) is 1.10. The molecule has 0 aliphatic carbocycles. The summed E-state index contributed by atoms with van der Waals surface area (Å²) in [6, 6.07) is 9.98. The lowest BCUT2D eigenvalue weighted by atomic mass is 10.1. The summed E-state index contributed by atoms with van der Waals surface area (Å²) in [5.41, 5.74) is 3.14. The van der Waals surface area contributed by atoms with Crippen LogP contribution in [0.3, 0.4) is 0 Å². The third-order valence-electron chi connectivity index (χ3n) is 4.50. The number of hydrogen-bond donors (Lipinski definition) is 1. The molecule has 2 aromatic carbocycles. The van der Waals surface area contributed by atoms with Crippen molar-refractivity contribution >= 4 is 33.2 Å². The van der Waals surface area contributed by atoms with Crippen LogP contribution in [0.25, 0.3) is 0 Å². The third-order valence-corrected chi connectivity index (χ3v) is 6.14. The van der Waals surface area contributed by atoms with Crippen molar-refractivity contribution in [1.29, 1.82) is 0 Å². The Morgan fingerprint density at radius 3 is 2.41 bits per heavy atom. The molecule has 0 aromatic heterocycles. The summed E-state index contributed by atoms with van der Waals surface area (Å²) in [7, 11) is -3.66. The summed E-state index contributed by atoms with van der Waals surface area (Å²) in [5.74, 6) is 0.206. The molecule has 6 nitrogen and oxygen atoms in total. The van der Waals surface area contributed by atoms with Gasteiger partial charge in [0, 0.05) is 5.02 Å². The van der Waals surface area contributed by atoms with Gasteiger partial charge in [-0.05, 0) is 62.6 Å². The Hall–Kier alpha value is -2.25. The van der Waals surface area contributed by atoms with Crippen LogP contribution in [0.1, 0.15) is 23.6 Å². The fourth-order valence-electron chi connectivity index (χ4n) is 2.89. The molecule has 0 unspecified atom stereocenters. The Kier molecular flexibility index (Phi) is 7.54. The maximum absolute atomic E-state index is 12.6. The van der Waals surface area contributed by atoms with Crippen molar-refractivity contribution in [2.75, 3.05) is 23.7 Å². The van der Waals surface area contributed by atoms with E-state index in [0.717, 1.165) is 27.3 Å². The second-order valence-corrected chi connectivity index (χ2v) is 9.34. The van der Waals surface area contributed by atoms with Gasteiger partial charge in [-0.2, -0.15) is 0 Å². The molecule has 8 heteroatoms. The van der Waals surface area contributed by atoms with E-state index in [1.165, 1.54) is 0 Å². The van der Waals surface area contributed by atoms with Crippen molar-refractivity contribution in [2.24, 2.45) is 0 Å². The molecule has 0 saturated heterocycles. The number of anilines is 1. The molecule has 158 valence electrons. The van der Waals surface area contributed by atoms with Gasteiger partial charge in [0.05, 0.1) is 18.5 Å². The number of carbonyl (C=O) groups excluding carboxylic acids is 1. The van der Waals surface area contributed by atoms with Crippen LogP contribution in [0, 0.1) is 20.8 Å². The van der Waals surface area contributed by atoms with Gasteiger partial charge in [0.15, 0.2) is 0 Å². The molecular formula is C21H27ClN2O4S. The van der Waals surface area contributed by atoms with Crippen molar-refractivity contribution in [2.45, 2.75) is 33.7 Å². The Balaban J connectivity index is 2.04. The number of amides is 1. The summed E-state index contributed by atoms with van der Waals surface area (Å²) < 4.78 is 31.6. The molecule has 0 fully saturated rings. The minimum absolute atomic E-state index is 0.235. The van der Waals surface area contributed by atoms with Gasteiger partial charge in [-0.1, -0.05) is 29.8 Å². The van der Waals surface area contributed by atoms with E-state index in [1.807, 2.05) is 39.0 Å². The molecule has 0 bridgehead atoms. The second kappa shape index (κ2) is 9.50. The number of rotatable bonds is 8. The van der Waals surface area contributed by atoms with Crippen molar-refractivity contribution < 1.29 is 17.9 Å². The average Bonchev–Trinajstić information content (AvgIpc) is 2.63. The normalized spacial score (nSPS) is 12.3. The first kappa shape index (κ1) is 23.0. The van der Waals surface area contributed by atoms with Crippen molar-refractivity contribution in [1.82, 2.24) is 5.32 Å². The number of ether oxygens (including phenoxy) is 1. The quantitative estimate of drug-likeness (QED) is 0.639. The Morgan fingerprint density at radius 2 is 1.79 bits per heavy atom. The monoisotopic (exact) mass is 438 g/mol. The lowest BCUT2D eigenvalue weighted by Gasteiger charge is -2.29. The molecule has 1 amide bonds. The number of aryl methyl sites for hydroxylation is 3. The van der Waals surface area contributed by atoms with E-state index in [2.05, 4.69) is 5.32 Å². The topological polar surface area (TPSA) is 75.7 Å². The summed E-state index contributed by atoms with van der Waals surface area (Å²) >= 11 is 6.07. The van der Waals surface area contributed by atoms with Crippen LogP contribution in [0.5, 0.6) is 5.75 Å². The predicted octanol–water partition coefficient (Wildman–Crippen LogP) is 3.61. The van der Waals surface area contributed by atoms with Gasteiger partial charge in [-0.3, -0.25) is 9.10 Å². The van der Waals surface area contributed by atoms with Gasteiger partial charge in [0.1, 0.15) is 18.4 Å². The molecule has 1 atom stereocenters. The van der Waals surface area contributed by atoms with E-state index >= 15 is 0 Å². The van der Waals surface area contributed by atoms with Gasteiger partial charge in [0.25, 0.3) is 0 Å². The lowest BCUT2D eigenvalue weighted by molar-refractivity contribution is -0.121. The van der Waals surface area contributed by atoms with Crippen molar-refractivity contribution in [3.63, 3.8) is 0 Å². The Bertz CT molecular complexity index is 992. The highest BCUT2D eigenvalue weighted by molar-refractivity contribution is 7.92. The first-order chi connectivity index (χ1) is 13.5. The predicted molar refractivity (Wildman–Crippen MR) is 117 cm³/mol. The second-order valence-electron chi connectivity index (χ2n) is 7.08. The van der Waals surface area contributed by atoms with Gasteiger partial charge >= 0.3 is 0 Å². The van der Waals surface area contributed by atoms with Crippen LogP contribution in [-0.4, -0.2) is 39.8 Å². The van der Waals surface area contributed by atoms with Crippen LogP contribution in [0.2, 0.25) is 5.02 Å². The number of nitrogens with zero attached hydrogens (tertiary/aromatic N) is 1. The van der Waals surface area contributed by atoms with E-state index in [9.17, 15) is 13.2 Å². The maximum atomic E-state index is 12.6. The van der Waals surface area contributed by atoms with E-state index in [1.54, 1.807) is 25.1 Å². The zero-order valence-electron chi connectivity index (χ0n) is 17.3. The molecule has 0 spiro atoms. The molecule has 1 N–H and O–H groups in total. The minimum Gasteiger partial charge on any atom is -0.492 e. The average molecular weight is 439 g/mol. The number of halogens is 1. The standard InChI is InChI=1S/C21H27ClN2O4S/c1-14-6-7-16(3)20(12-14)24(29(5,26)27)17(4)21(25)23-10-11-28-18-9-8-15(2)19(22)13-18/h6-9,12-13,17H,10-11H2,1-5H3,(H,23,25)/t17-/m1/s1. The molecule has 2 rings (SSSR count). The fourth-order valence-corrected chi connectivity index (χ4v) is 4.29. The van der Waals surface area contributed by atoms with E-state index in [0.29, 0.717) is 16.5 Å². The molecule has 0 saturated carbocycles. The highest BCUT2D eigenvalue weighted by Gasteiger charge is 2.30. The van der Waals surface area contributed by atoms with Gasteiger partial charge < -0.3 is 10.1 Å². The Labute approximate surface area is 177 Å². The Morgan fingerprint density at radius 1 is 1.14 bits per heavy atom. The lowest BCUT2D eigenvalue weighted by Crippen LogP contribution is -2.48. The highest BCUT2D eigenvalue weighted by atomic mass is 35.5. The van der Waals surface area contributed by atoms with Gasteiger partial charge in [-0.25, -0.2) is 8.42 Å². The zero-order valence-corrected chi connectivity index (χ0v) is 18.9. The number of carbonyl (C=O) groups is 1. The fraction of sp³-hybridized carbons (Fsp3) is 0.381. The van der Waals surface area contributed by atoms with Crippen LogP contribution < -0.4 is 14.4 Å². The first-order valence-electron chi connectivity index (χ1n) is 9.24. The number of benzene rings is 2. The van der Waals surface area contributed by atoms with E-state index in [-0.39, 0.29) is 13.2 Å². The summed E-state index contributed by atoms with van der Waals surface area (Å²) in [4.78, 5) is 12.6. The molecule has 2 aromatic rings. The largest absolute Gasteiger partial charge is 0.492 e. The molecule has 29 heavy (non-hydrogen) atoms. The number of hydrogen-bond acceptors (Lipinski definition) is 4. The van der Waals surface area contributed by atoms with Gasteiger partial charge in [-0.15, -0.1) is 0 Å². The smallest absolute Gasteiger partial charge is 0.243 e. The SMILES string of the molecule is Cc1ccc(C)c(N([C@H](C)C(=O)NCCOc2ccc(C)c(Cl)c2)S(C)(=O)=O)c1. The number of sulfonamides is 1. The summed E-state index contributed by atoms with van der Waals surface area (Å²) in [5, 5.41) is 3.34. The van der Waals surface area contributed by atoms with Crippen LogP contribution in [0.4, 0.5) is 5.69 Å². The molecule has 0 aliphatic heterocycles. The zero-order chi connectivity index (χ0) is 21.8. The molecule has 0 aliphatic rings. The first-order valence-corrected chi connectivity index (χ1v) is 11.5. The highest BCUT2D eigenvalue weighted by Crippen LogP contribution is 2.26. The number of nitrogens with one attached hydrogen (secondary N) is 1. The third kappa shape index (κ3) is 6.11. The minimum atomic E-state index is -3.66. The van der Waals surface area contributed by atoms with E-state index in [4.69, 9.17) is 16.3 Å². The van der Waals surface area contributed by atoms with Crippen LogP contribution in [-0.2, 0) is 14.8 Å². The van der Waals surface area contributed by atoms with Crippen molar-refractivity contribution in [3.05, 3.63) is 58.1 Å². The van der Waals surface area contributed by atoms with Gasteiger partial charge in [0.2, 0.25) is 15.9 Å². The molecule has 0 heterocycles. The van der Waals surface area contributed by atoms with Crippen molar-refractivity contribution in [3.8, 4) is 5.75 Å². The summed E-state index contributed by atoms with van der Waals surface area (Å²) in [6.45, 7) is 7.64. The molecular weight excluding hydrogens is 412 g/mol.